The van der Waals surface area contributed by atoms with E-state index in [0.717, 1.165) is 24.2 Å². The van der Waals surface area contributed by atoms with Crippen molar-refractivity contribution < 1.29 is 27.5 Å². The number of anilines is 3. The second-order valence-corrected chi connectivity index (χ2v) is 11.4. The van der Waals surface area contributed by atoms with Crippen molar-refractivity contribution >= 4 is 49.4 Å². The molecule has 0 aliphatic carbocycles. The number of amides is 1. The number of nitrogens with two attached hydrogens (primary N) is 2. The van der Waals surface area contributed by atoms with Crippen molar-refractivity contribution in [2.45, 2.75) is 49.6 Å². The first kappa shape index (κ1) is 27.9. The summed E-state index contributed by atoms with van der Waals surface area (Å²) in [5.74, 6) is -0.00347. The Labute approximate surface area is 219 Å². The van der Waals surface area contributed by atoms with Gasteiger partial charge in [0.05, 0.1) is 40.7 Å². The minimum atomic E-state index is -4.22. The minimum Gasteiger partial charge on any atom is -0.493 e. The Bertz CT molecular complexity index is 1430. The van der Waals surface area contributed by atoms with Gasteiger partial charge >= 0.3 is 0 Å². The molecule has 3 aromatic rings. The molecular weight excluding hydrogens is 516 g/mol. The molecule has 0 unspecified atom stereocenters. The highest BCUT2D eigenvalue weighted by Gasteiger charge is 2.29. The molecule has 0 fully saturated rings. The Morgan fingerprint density at radius 2 is 1.73 bits per heavy atom. The molecular formula is C25H30N4O6S2. The number of hydrogen-bond donors (Lipinski definition) is 3. The average Bonchev–Trinajstić information content (AvgIpc) is 3.22. The largest absolute Gasteiger partial charge is 0.493 e. The van der Waals surface area contributed by atoms with Crippen molar-refractivity contribution in [2.75, 3.05) is 30.0 Å². The van der Waals surface area contributed by atoms with Crippen molar-refractivity contribution in [1.29, 1.82) is 0 Å². The summed E-state index contributed by atoms with van der Waals surface area (Å²) in [5, 5.41) is 2.61. The third kappa shape index (κ3) is 6.20. The van der Waals surface area contributed by atoms with Gasteiger partial charge in [-0.3, -0.25) is 9.59 Å². The predicted octanol–water partition coefficient (Wildman–Crippen LogP) is 4.22. The zero-order valence-corrected chi connectivity index (χ0v) is 22.7. The number of ketones is 1. The van der Waals surface area contributed by atoms with Crippen LogP contribution in [0.1, 0.15) is 55.2 Å². The monoisotopic (exact) mass is 546 g/mol. The van der Waals surface area contributed by atoms with Crippen LogP contribution in [-0.4, -0.2) is 38.3 Å². The van der Waals surface area contributed by atoms with Crippen LogP contribution in [0, 0.1) is 6.92 Å². The van der Waals surface area contributed by atoms with E-state index in [1.165, 1.54) is 26.0 Å². The predicted molar refractivity (Wildman–Crippen MR) is 143 cm³/mol. The molecule has 1 amide bonds. The van der Waals surface area contributed by atoms with Gasteiger partial charge in [0, 0.05) is 18.6 Å². The molecule has 0 aliphatic heterocycles. The number of nitrogen functional groups attached to an aromatic ring is 2. The molecule has 0 bridgehead atoms. The first-order chi connectivity index (χ1) is 17.5. The molecule has 1 aromatic heterocycles. The van der Waals surface area contributed by atoms with Crippen LogP contribution in [-0.2, 0) is 14.6 Å². The maximum absolute atomic E-state index is 13.6. The topological polar surface area (TPSA) is 164 Å². The molecule has 0 aliphatic rings. The second-order valence-electron chi connectivity index (χ2n) is 8.24. The van der Waals surface area contributed by atoms with Gasteiger partial charge in [0.1, 0.15) is 15.7 Å². The Morgan fingerprint density at radius 3 is 2.38 bits per heavy atom. The van der Waals surface area contributed by atoms with Crippen LogP contribution in [0.2, 0.25) is 0 Å². The quantitative estimate of drug-likeness (QED) is 0.236. The number of carbonyl (C=O) groups is 2. The fourth-order valence-electron chi connectivity index (χ4n) is 3.42. The number of hydrogen-bond acceptors (Lipinski definition) is 10. The van der Waals surface area contributed by atoms with Crippen LogP contribution in [0.25, 0.3) is 0 Å². The molecule has 0 spiro atoms. The number of sulfone groups is 1. The lowest BCUT2D eigenvalue weighted by Gasteiger charge is -2.15. The van der Waals surface area contributed by atoms with Crippen molar-refractivity contribution in [3.63, 3.8) is 0 Å². The van der Waals surface area contributed by atoms with E-state index >= 15 is 0 Å². The SMILES string of the molecule is CCCOc1ccc(C(=O)c2cc(N)c(N)c(S(=O)(=O)c3sc(NC(C)=O)nc3C)c2)c(OCCC)c1. The van der Waals surface area contributed by atoms with Crippen LogP contribution in [0.3, 0.4) is 0 Å². The first-order valence-corrected chi connectivity index (χ1v) is 13.9. The molecule has 0 saturated heterocycles. The van der Waals surface area contributed by atoms with Gasteiger partial charge in [0.25, 0.3) is 0 Å². The summed E-state index contributed by atoms with van der Waals surface area (Å²) in [6.45, 7) is 7.61. The molecule has 0 radical (unpaired) electrons. The van der Waals surface area contributed by atoms with Gasteiger partial charge in [-0.15, -0.1) is 0 Å². The molecule has 5 N–H and O–H groups in total. The third-order valence-electron chi connectivity index (χ3n) is 5.14. The van der Waals surface area contributed by atoms with E-state index in [0.29, 0.717) is 24.7 Å². The first-order valence-electron chi connectivity index (χ1n) is 11.6. The van der Waals surface area contributed by atoms with E-state index in [2.05, 4.69) is 10.3 Å². The molecule has 3 rings (SSSR count). The van der Waals surface area contributed by atoms with E-state index in [4.69, 9.17) is 20.9 Å². The normalized spacial score (nSPS) is 11.2. The zero-order valence-electron chi connectivity index (χ0n) is 21.1. The highest BCUT2D eigenvalue weighted by molar-refractivity contribution is 7.93. The number of aryl methyl sites for hydroxylation is 1. The summed E-state index contributed by atoms with van der Waals surface area (Å²) in [7, 11) is -4.22. The van der Waals surface area contributed by atoms with Gasteiger partial charge in [-0.2, -0.15) is 0 Å². The Morgan fingerprint density at radius 1 is 1.05 bits per heavy atom. The molecule has 0 saturated carbocycles. The Balaban J connectivity index is 2.08. The van der Waals surface area contributed by atoms with Crippen molar-refractivity contribution in [1.82, 2.24) is 4.98 Å². The molecule has 10 nitrogen and oxygen atoms in total. The van der Waals surface area contributed by atoms with E-state index in [9.17, 15) is 18.0 Å². The smallest absolute Gasteiger partial charge is 0.223 e. The number of aromatic nitrogens is 1. The summed E-state index contributed by atoms with van der Waals surface area (Å²) >= 11 is 0.788. The summed E-state index contributed by atoms with van der Waals surface area (Å²) in [6, 6.07) is 7.41. The lowest BCUT2D eigenvalue weighted by Crippen LogP contribution is -2.12. The zero-order chi connectivity index (χ0) is 27.3. The fraction of sp³-hybridized carbons (Fsp3) is 0.320. The molecule has 1 heterocycles. The van der Waals surface area contributed by atoms with Crippen LogP contribution >= 0.6 is 11.3 Å². The second kappa shape index (κ2) is 11.6. The van der Waals surface area contributed by atoms with Gasteiger partial charge in [-0.05, 0) is 44.0 Å². The number of benzene rings is 2. The standard InChI is InChI=1S/C25H30N4O6S2/c1-5-9-34-17-7-8-18(20(13-17)35-10-6-2)23(31)16-11-19(26)22(27)21(12-16)37(32,33)24-14(3)28-25(36-24)29-15(4)30/h7-8,11-13H,5-6,9-10,26-27H2,1-4H3,(H,28,29,30). The van der Waals surface area contributed by atoms with Crippen LogP contribution in [0.5, 0.6) is 11.5 Å². The fourth-order valence-corrected chi connectivity index (χ4v) is 6.44. The molecule has 2 aromatic carbocycles. The van der Waals surface area contributed by atoms with Crippen LogP contribution < -0.4 is 26.3 Å². The van der Waals surface area contributed by atoms with Crippen molar-refractivity contribution in [3.8, 4) is 11.5 Å². The molecule has 37 heavy (non-hydrogen) atoms. The summed E-state index contributed by atoms with van der Waals surface area (Å²) in [4.78, 5) is 28.7. The highest BCUT2D eigenvalue weighted by atomic mass is 32.2. The van der Waals surface area contributed by atoms with Gasteiger partial charge < -0.3 is 26.3 Å². The summed E-state index contributed by atoms with van der Waals surface area (Å²) < 4.78 is 38.5. The number of rotatable bonds is 11. The summed E-state index contributed by atoms with van der Waals surface area (Å²) in [5.41, 5.74) is 12.3. The van der Waals surface area contributed by atoms with Crippen LogP contribution in [0.15, 0.2) is 39.4 Å². The summed E-state index contributed by atoms with van der Waals surface area (Å²) in [6.07, 6.45) is 1.54. The molecule has 198 valence electrons. The van der Waals surface area contributed by atoms with Gasteiger partial charge in [0.2, 0.25) is 15.7 Å². The number of thiazole rings is 1. The number of nitrogens with zero attached hydrogens (tertiary/aromatic N) is 1. The minimum absolute atomic E-state index is 0.0260. The van der Waals surface area contributed by atoms with E-state index in [-0.39, 0.29) is 48.3 Å². The number of carbonyl (C=O) groups excluding carboxylic acids is 2. The highest BCUT2D eigenvalue weighted by Crippen LogP contribution is 2.37. The lowest BCUT2D eigenvalue weighted by molar-refractivity contribution is -0.114. The number of nitrogens with one attached hydrogen (secondary N) is 1. The lowest BCUT2D eigenvalue weighted by atomic mass is 10.0. The average molecular weight is 547 g/mol. The third-order valence-corrected chi connectivity index (χ3v) is 8.62. The van der Waals surface area contributed by atoms with Gasteiger partial charge in [-0.1, -0.05) is 25.2 Å². The van der Waals surface area contributed by atoms with Gasteiger partial charge in [-0.25, -0.2) is 13.4 Å². The van der Waals surface area contributed by atoms with E-state index < -0.39 is 15.6 Å². The van der Waals surface area contributed by atoms with Crippen molar-refractivity contribution in [2.24, 2.45) is 0 Å². The maximum Gasteiger partial charge on any atom is 0.223 e. The van der Waals surface area contributed by atoms with Gasteiger partial charge in [0.15, 0.2) is 10.9 Å². The number of ether oxygens (including phenoxy) is 2. The Hall–Kier alpha value is -3.64. The molecule has 0 atom stereocenters. The van der Waals surface area contributed by atoms with E-state index in [1.54, 1.807) is 18.2 Å². The van der Waals surface area contributed by atoms with Crippen LogP contribution in [0.4, 0.5) is 16.5 Å². The van der Waals surface area contributed by atoms with Crippen molar-refractivity contribution in [3.05, 3.63) is 47.2 Å². The van der Waals surface area contributed by atoms with E-state index in [1.807, 2.05) is 13.8 Å². The Kier molecular flexibility index (Phi) is 8.77. The maximum atomic E-state index is 13.6. The molecule has 12 heteroatoms.